The Morgan fingerprint density at radius 2 is 2.04 bits per heavy atom. The van der Waals surface area contributed by atoms with Crippen LogP contribution >= 0.6 is 0 Å². The third-order valence-electron chi connectivity index (χ3n) is 4.52. The van der Waals surface area contributed by atoms with Gasteiger partial charge >= 0.3 is 6.18 Å². The molecule has 1 atom stereocenters. The molecule has 1 aliphatic rings. The Kier molecular flexibility index (Phi) is 4.99. The SMILES string of the molecule is Cc1ccc(CN(C)C(=O)C2CC(=O)N(c3cccc(C(F)(F)F)c3)C2)o1. The topological polar surface area (TPSA) is 53.8 Å². The van der Waals surface area contributed by atoms with Crippen molar-refractivity contribution < 1.29 is 27.2 Å². The second kappa shape index (κ2) is 7.09. The van der Waals surface area contributed by atoms with E-state index in [1.807, 2.05) is 0 Å². The maximum atomic E-state index is 12.9. The number of rotatable bonds is 4. The van der Waals surface area contributed by atoms with Gasteiger partial charge in [0.05, 0.1) is 18.0 Å². The van der Waals surface area contributed by atoms with Crippen LogP contribution in [-0.2, 0) is 22.3 Å². The number of alkyl halides is 3. The molecule has 144 valence electrons. The van der Waals surface area contributed by atoms with Crippen molar-refractivity contribution in [3.63, 3.8) is 0 Å². The third kappa shape index (κ3) is 4.15. The van der Waals surface area contributed by atoms with Crippen molar-refractivity contribution in [2.75, 3.05) is 18.5 Å². The number of aryl methyl sites for hydroxylation is 1. The highest BCUT2D eigenvalue weighted by Crippen LogP contribution is 2.33. The van der Waals surface area contributed by atoms with E-state index >= 15 is 0 Å². The van der Waals surface area contributed by atoms with Gasteiger partial charge in [0.2, 0.25) is 11.8 Å². The summed E-state index contributed by atoms with van der Waals surface area (Å²) in [6.07, 6.45) is -4.52. The van der Waals surface area contributed by atoms with Crippen LogP contribution in [0.25, 0.3) is 0 Å². The average molecular weight is 380 g/mol. The van der Waals surface area contributed by atoms with Gasteiger partial charge in [-0.1, -0.05) is 6.07 Å². The van der Waals surface area contributed by atoms with Crippen LogP contribution in [0.4, 0.5) is 18.9 Å². The van der Waals surface area contributed by atoms with Gasteiger partial charge in [-0.2, -0.15) is 13.2 Å². The number of halogens is 3. The van der Waals surface area contributed by atoms with Gasteiger partial charge in [-0.05, 0) is 37.3 Å². The number of nitrogens with zero attached hydrogens (tertiary/aromatic N) is 2. The second-order valence-corrected chi connectivity index (χ2v) is 6.66. The summed E-state index contributed by atoms with van der Waals surface area (Å²) in [5.41, 5.74) is -0.678. The number of carbonyl (C=O) groups excluding carboxylic acids is 2. The molecule has 27 heavy (non-hydrogen) atoms. The van der Waals surface area contributed by atoms with E-state index in [1.54, 1.807) is 26.1 Å². The lowest BCUT2D eigenvalue weighted by molar-refractivity contribution is -0.137. The molecule has 1 unspecified atom stereocenters. The predicted molar refractivity (Wildman–Crippen MR) is 91.8 cm³/mol. The molecular formula is C19H19F3N2O3. The molecule has 3 rings (SSSR count). The fourth-order valence-electron chi connectivity index (χ4n) is 3.17. The minimum atomic E-state index is -4.49. The first kappa shape index (κ1) is 19.0. The van der Waals surface area contributed by atoms with Crippen molar-refractivity contribution in [3.8, 4) is 0 Å². The molecule has 1 aromatic heterocycles. The summed E-state index contributed by atoms with van der Waals surface area (Å²) < 4.78 is 44.1. The van der Waals surface area contributed by atoms with Crippen molar-refractivity contribution in [2.24, 2.45) is 5.92 Å². The molecule has 0 bridgehead atoms. The zero-order valence-corrected chi connectivity index (χ0v) is 14.9. The molecular weight excluding hydrogens is 361 g/mol. The Balaban J connectivity index is 1.70. The molecule has 0 spiro atoms. The normalized spacial score (nSPS) is 17.4. The summed E-state index contributed by atoms with van der Waals surface area (Å²) in [6, 6.07) is 8.14. The molecule has 0 saturated carbocycles. The molecule has 0 radical (unpaired) electrons. The van der Waals surface area contributed by atoms with E-state index in [1.165, 1.54) is 21.9 Å². The van der Waals surface area contributed by atoms with Crippen LogP contribution in [0.3, 0.4) is 0 Å². The molecule has 1 saturated heterocycles. The Labute approximate surface area is 154 Å². The summed E-state index contributed by atoms with van der Waals surface area (Å²) in [5, 5.41) is 0. The van der Waals surface area contributed by atoms with Gasteiger partial charge in [0.25, 0.3) is 0 Å². The lowest BCUT2D eigenvalue weighted by atomic mass is 10.1. The van der Waals surface area contributed by atoms with Crippen molar-refractivity contribution in [1.29, 1.82) is 0 Å². The molecule has 8 heteroatoms. The Morgan fingerprint density at radius 1 is 1.30 bits per heavy atom. The van der Waals surface area contributed by atoms with Crippen LogP contribution in [0.15, 0.2) is 40.8 Å². The van der Waals surface area contributed by atoms with Crippen LogP contribution < -0.4 is 4.90 Å². The first-order valence-electron chi connectivity index (χ1n) is 8.43. The fraction of sp³-hybridized carbons (Fsp3) is 0.368. The minimum Gasteiger partial charge on any atom is -0.464 e. The minimum absolute atomic E-state index is 0.0311. The second-order valence-electron chi connectivity index (χ2n) is 6.66. The van der Waals surface area contributed by atoms with Crippen molar-refractivity contribution in [3.05, 3.63) is 53.5 Å². The van der Waals surface area contributed by atoms with E-state index in [2.05, 4.69) is 0 Å². The summed E-state index contributed by atoms with van der Waals surface area (Å²) in [5.74, 6) is 0.148. The lowest BCUT2D eigenvalue weighted by Crippen LogP contribution is -2.34. The van der Waals surface area contributed by atoms with Crippen LogP contribution in [-0.4, -0.2) is 30.3 Å². The maximum absolute atomic E-state index is 12.9. The average Bonchev–Trinajstić information content (AvgIpc) is 3.19. The van der Waals surface area contributed by atoms with E-state index in [9.17, 15) is 22.8 Å². The zero-order valence-electron chi connectivity index (χ0n) is 14.9. The van der Waals surface area contributed by atoms with Gasteiger partial charge in [0.15, 0.2) is 0 Å². The molecule has 1 aromatic carbocycles. The summed E-state index contributed by atoms with van der Waals surface area (Å²) in [4.78, 5) is 27.6. The van der Waals surface area contributed by atoms with E-state index in [4.69, 9.17) is 4.42 Å². The number of hydrogen-bond acceptors (Lipinski definition) is 3. The first-order chi connectivity index (χ1) is 12.6. The quantitative estimate of drug-likeness (QED) is 0.814. The number of benzene rings is 1. The fourth-order valence-corrected chi connectivity index (χ4v) is 3.17. The molecule has 2 heterocycles. The Morgan fingerprint density at radius 3 is 2.67 bits per heavy atom. The van der Waals surface area contributed by atoms with E-state index < -0.39 is 17.7 Å². The Bertz CT molecular complexity index is 860. The molecule has 2 aromatic rings. The maximum Gasteiger partial charge on any atom is 0.416 e. The van der Waals surface area contributed by atoms with Crippen molar-refractivity contribution in [1.82, 2.24) is 4.90 Å². The Hall–Kier alpha value is -2.77. The van der Waals surface area contributed by atoms with Crippen molar-refractivity contribution in [2.45, 2.75) is 26.1 Å². The van der Waals surface area contributed by atoms with E-state index in [0.29, 0.717) is 5.76 Å². The number of hydrogen-bond donors (Lipinski definition) is 0. The number of amides is 2. The largest absolute Gasteiger partial charge is 0.464 e. The molecule has 5 nitrogen and oxygen atoms in total. The lowest BCUT2D eigenvalue weighted by Gasteiger charge is -2.21. The zero-order chi connectivity index (χ0) is 19.8. The highest BCUT2D eigenvalue weighted by atomic mass is 19.4. The monoisotopic (exact) mass is 380 g/mol. The highest BCUT2D eigenvalue weighted by Gasteiger charge is 2.38. The molecule has 0 N–H and O–H groups in total. The smallest absolute Gasteiger partial charge is 0.416 e. The first-order valence-corrected chi connectivity index (χ1v) is 8.43. The highest BCUT2D eigenvalue weighted by molar-refractivity contribution is 6.00. The standard InChI is InChI=1S/C19H19F3N2O3/c1-12-6-7-16(27-12)11-23(2)18(26)13-8-17(25)24(10-13)15-5-3-4-14(9-15)19(20,21)22/h3-7,9,13H,8,10-11H2,1-2H3. The summed E-state index contributed by atoms with van der Waals surface area (Å²) >= 11 is 0. The molecule has 1 fully saturated rings. The molecule has 1 aliphatic heterocycles. The van der Waals surface area contributed by atoms with E-state index in [-0.39, 0.29) is 37.0 Å². The number of anilines is 1. The summed E-state index contributed by atoms with van der Waals surface area (Å²) in [6.45, 7) is 2.12. The summed E-state index contributed by atoms with van der Waals surface area (Å²) in [7, 11) is 1.61. The van der Waals surface area contributed by atoms with Gasteiger partial charge in [-0.3, -0.25) is 9.59 Å². The molecule has 0 aliphatic carbocycles. The van der Waals surface area contributed by atoms with Gasteiger partial charge in [0.1, 0.15) is 11.5 Å². The number of carbonyl (C=O) groups is 2. The van der Waals surface area contributed by atoms with Crippen LogP contribution in [0.1, 0.15) is 23.5 Å². The van der Waals surface area contributed by atoms with E-state index in [0.717, 1.165) is 17.9 Å². The van der Waals surface area contributed by atoms with Gasteiger partial charge in [-0.15, -0.1) is 0 Å². The number of furan rings is 1. The van der Waals surface area contributed by atoms with Crippen molar-refractivity contribution >= 4 is 17.5 Å². The van der Waals surface area contributed by atoms with Crippen LogP contribution in [0, 0.1) is 12.8 Å². The van der Waals surface area contributed by atoms with Crippen LogP contribution in [0.2, 0.25) is 0 Å². The van der Waals surface area contributed by atoms with Crippen LogP contribution in [0.5, 0.6) is 0 Å². The third-order valence-corrected chi connectivity index (χ3v) is 4.52. The predicted octanol–water partition coefficient (Wildman–Crippen LogP) is 3.62. The van der Waals surface area contributed by atoms with Gasteiger partial charge in [-0.25, -0.2) is 0 Å². The van der Waals surface area contributed by atoms with Gasteiger partial charge < -0.3 is 14.2 Å². The molecule has 2 amide bonds. The van der Waals surface area contributed by atoms with Gasteiger partial charge in [0, 0.05) is 25.7 Å².